The molecule has 1 aromatic heterocycles. The van der Waals surface area contributed by atoms with Gasteiger partial charge in [-0.1, -0.05) is 60.7 Å². The average Bonchev–Trinajstić information content (AvgIpc) is 3.34. The van der Waals surface area contributed by atoms with Crippen LogP contribution in [0.15, 0.2) is 60.7 Å². The van der Waals surface area contributed by atoms with Gasteiger partial charge in [-0.15, -0.1) is 0 Å². The summed E-state index contributed by atoms with van der Waals surface area (Å²) in [5.74, 6) is -2.26. The number of hydrogen-bond acceptors (Lipinski definition) is 7. The number of rotatable bonds is 7. The number of benzene rings is 2. The number of aromatic nitrogens is 2. The lowest BCUT2D eigenvalue weighted by Crippen LogP contribution is -2.43. The van der Waals surface area contributed by atoms with Crippen LogP contribution in [0.2, 0.25) is 0 Å². The predicted molar refractivity (Wildman–Crippen MR) is 126 cm³/mol. The molecular formula is C27H28N2O6. The van der Waals surface area contributed by atoms with E-state index in [2.05, 4.69) is 22.1 Å². The van der Waals surface area contributed by atoms with E-state index in [4.69, 9.17) is 14.2 Å². The Labute approximate surface area is 203 Å². The minimum Gasteiger partial charge on any atom is -0.491 e. The van der Waals surface area contributed by atoms with Gasteiger partial charge in [0.05, 0.1) is 13.2 Å². The van der Waals surface area contributed by atoms with Crippen molar-refractivity contribution in [2.24, 2.45) is 0 Å². The summed E-state index contributed by atoms with van der Waals surface area (Å²) in [4.78, 5) is 20.7. The Hall–Kier alpha value is -3.49. The van der Waals surface area contributed by atoms with Crippen molar-refractivity contribution in [1.29, 1.82) is 0 Å². The number of carboxylic acids is 1. The third-order valence-electron chi connectivity index (χ3n) is 6.99. The molecule has 0 radical (unpaired) electrons. The van der Waals surface area contributed by atoms with Crippen LogP contribution < -0.4 is 4.74 Å². The summed E-state index contributed by atoms with van der Waals surface area (Å²) in [5.41, 5.74) is 1.28. The Balaban J connectivity index is 1.44. The normalized spacial score (nSPS) is 18.4. The van der Waals surface area contributed by atoms with Crippen molar-refractivity contribution in [2.75, 3.05) is 13.2 Å². The maximum absolute atomic E-state index is 12.0. The molecule has 2 aliphatic rings. The van der Waals surface area contributed by atoms with Crippen LogP contribution >= 0.6 is 0 Å². The Kier molecular flexibility index (Phi) is 6.40. The summed E-state index contributed by atoms with van der Waals surface area (Å²) < 4.78 is 17.5. The van der Waals surface area contributed by atoms with Crippen molar-refractivity contribution < 1.29 is 29.2 Å². The fourth-order valence-corrected chi connectivity index (χ4v) is 5.13. The summed E-state index contributed by atoms with van der Waals surface area (Å²) in [6.07, 6.45) is 3.33. The maximum atomic E-state index is 12.0. The van der Waals surface area contributed by atoms with E-state index in [0.29, 0.717) is 19.6 Å². The van der Waals surface area contributed by atoms with Gasteiger partial charge in [-0.2, -0.15) is 4.98 Å². The third-order valence-corrected chi connectivity index (χ3v) is 6.99. The molecule has 1 saturated carbocycles. The van der Waals surface area contributed by atoms with Crippen LogP contribution in [0, 0.1) is 0 Å². The second-order valence-corrected chi connectivity index (χ2v) is 9.15. The van der Waals surface area contributed by atoms with E-state index in [1.54, 1.807) is 0 Å². The standard InChI is InChI=1S/C27H28N2O6/c30-24-23(33-18-19-7-3-1-4-8-19)22(25(31)32)28-21(29-24)17-26(20-9-5-2-6-10-20)11-13-27(14-12-26)34-15-16-35-27/h1-10H,11-18H2,(H,31,32)(H,28,29,30). The molecule has 5 rings (SSSR count). The van der Waals surface area contributed by atoms with Crippen LogP contribution in [0.1, 0.15) is 53.1 Å². The molecule has 8 nitrogen and oxygen atoms in total. The summed E-state index contributed by atoms with van der Waals surface area (Å²) >= 11 is 0. The molecule has 0 bridgehead atoms. The van der Waals surface area contributed by atoms with E-state index >= 15 is 0 Å². The van der Waals surface area contributed by atoms with Gasteiger partial charge in [-0.3, -0.25) is 0 Å². The first-order valence-corrected chi connectivity index (χ1v) is 11.8. The summed E-state index contributed by atoms with van der Waals surface area (Å²) in [5, 5.41) is 20.5. The second-order valence-electron chi connectivity index (χ2n) is 9.15. The fraction of sp³-hybridized carbons (Fsp3) is 0.370. The highest BCUT2D eigenvalue weighted by atomic mass is 16.7. The minimum atomic E-state index is -1.28. The zero-order valence-electron chi connectivity index (χ0n) is 19.4. The van der Waals surface area contributed by atoms with E-state index in [-0.39, 0.29) is 29.3 Å². The monoisotopic (exact) mass is 476 g/mol. The van der Waals surface area contributed by atoms with Crippen LogP contribution in [-0.2, 0) is 27.9 Å². The molecule has 35 heavy (non-hydrogen) atoms. The van der Waals surface area contributed by atoms with Crippen LogP contribution in [-0.4, -0.2) is 45.2 Å². The molecule has 8 heteroatoms. The fourth-order valence-electron chi connectivity index (χ4n) is 5.13. The highest BCUT2D eigenvalue weighted by Crippen LogP contribution is 2.48. The molecule has 0 atom stereocenters. The van der Waals surface area contributed by atoms with Crippen molar-refractivity contribution >= 4 is 5.97 Å². The van der Waals surface area contributed by atoms with Gasteiger partial charge < -0.3 is 24.4 Å². The summed E-state index contributed by atoms with van der Waals surface area (Å²) in [7, 11) is 0. The predicted octanol–water partition coefficient (Wildman–Crippen LogP) is 4.26. The number of aromatic carboxylic acids is 1. The lowest BCUT2D eigenvalue weighted by atomic mass is 9.65. The number of ether oxygens (including phenoxy) is 3. The van der Waals surface area contributed by atoms with Crippen molar-refractivity contribution in [2.45, 2.75) is 49.9 Å². The van der Waals surface area contributed by atoms with E-state index in [0.717, 1.165) is 36.8 Å². The maximum Gasteiger partial charge on any atom is 0.358 e. The van der Waals surface area contributed by atoms with Gasteiger partial charge in [0.2, 0.25) is 5.75 Å². The van der Waals surface area contributed by atoms with E-state index in [1.807, 2.05) is 48.5 Å². The average molecular weight is 477 g/mol. The second kappa shape index (κ2) is 9.64. The molecule has 2 aromatic carbocycles. The minimum absolute atomic E-state index is 0.0907. The number of carbonyl (C=O) groups is 1. The van der Waals surface area contributed by atoms with Crippen molar-refractivity contribution in [1.82, 2.24) is 9.97 Å². The van der Waals surface area contributed by atoms with E-state index < -0.39 is 17.6 Å². The van der Waals surface area contributed by atoms with Gasteiger partial charge in [-0.25, -0.2) is 9.78 Å². The van der Waals surface area contributed by atoms with Gasteiger partial charge in [0.25, 0.3) is 5.88 Å². The SMILES string of the molecule is O=C(O)c1nc(CC2(c3ccccc3)CCC3(CC2)OCCO3)nc(O)c1OCc1ccccc1. The lowest BCUT2D eigenvalue weighted by molar-refractivity contribution is -0.185. The van der Waals surface area contributed by atoms with Crippen LogP contribution in [0.25, 0.3) is 0 Å². The topological polar surface area (TPSA) is 111 Å². The molecule has 3 aromatic rings. The highest BCUT2D eigenvalue weighted by Gasteiger charge is 2.47. The van der Waals surface area contributed by atoms with Crippen LogP contribution in [0.4, 0.5) is 0 Å². The molecular weight excluding hydrogens is 448 g/mol. The first kappa shape index (κ1) is 23.3. The quantitative estimate of drug-likeness (QED) is 0.521. The zero-order chi connectivity index (χ0) is 24.3. The molecule has 182 valence electrons. The van der Waals surface area contributed by atoms with Gasteiger partial charge in [-0.05, 0) is 24.0 Å². The third kappa shape index (κ3) is 4.85. The lowest BCUT2D eigenvalue weighted by Gasteiger charge is -2.44. The summed E-state index contributed by atoms with van der Waals surface area (Å²) in [6.45, 7) is 1.29. The number of aromatic hydroxyl groups is 1. The molecule has 2 N–H and O–H groups in total. The largest absolute Gasteiger partial charge is 0.491 e. The highest BCUT2D eigenvalue weighted by molar-refractivity contribution is 5.89. The summed E-state index contributed by atoms with van der Waals surface area (Å²) in [6, 6.07) is 19.4. The number of nitrogens with zero attached hydrogens (tertiary/aromatic N) is 2. The van der Waals surface area contributed by atoms with Gasteiger partial charge in [0, 0.05) is 24.7 Å². The van der Waals surface area contributed by atoms with Crippen molar-refractivity contribution in [3.8, 4) is 11.6 Å². The molecule has 1 spiro atoms. The van der Waals surface area contributed by atoms with Crippen molar-refractivity contribution in [3.05, 3.63) is 83.3 Å². The first-order chi connectivity index (χ1) is 17.0. The molecule has 2 fully saturated rings. The molecule has 2 heterocycles. The molecule has 0 amide bonds. The number of carboxylic acid groups (broad SMARTS) is 1. The Bertz CT molecular complexity index is 1170. The smallest absolute Gasteiger partial charge is 0.358 e. The Morgan fingerprint density at radius 2 is 1.54 bits per heavy atom. The van der Waals surface area contributed by atoms with Gasteiger partial charge >= 0.3 is 5.97 Å². The van der Waals surface area contributed by atoms with Crippen molar-refractivity contribution in [3.63, 3.8) is 0 Å². The van der Waals surface area contributed by atoms with Crippen LogP contribution in [0.3, 0.4) is 0 Å². The van der Waals surface area contributed by atoms with E-state index in [1.165, 1.54) is 0 Å². The van der Waals surface area contributed by atoms with E-state index in [9.17, 15) is 15.0 Å². The molecule has 1 saturated heterocycles. The van der Waals surface area contributed by atoms with Gasteiger partial charge in [0.15, 0.2) is 11.5 Å². The molecule has 1 aliphatic heterocycles. The Morgan fingerprint density at radius 3 is 2.17 bits per heavy atom. The van der Waals surface area contributed by atoms with Gasteiger partial charge in [0.1, 0.15) is 12.4 Å². The Morgan fingerprint density at radius 1 is 0.914 bits per heavy atom. The van der Waals surface area contributed by atoms with Crippen LogP contribution in [0.5, 0.6) is 11.6 Å². The zero-order valence-corrected chi connectivity index (χ0v) is 19.4. The first-order valence-electron chi connectivity index (χ1n) is 11.8. The number of hydrogen-bond donors (Lipinski definition) is 2. The molecule has 1 aliphatic carbocycles. The molecule has 0 unspecified atom stereocenters.